The lowest BCUT2D eigenvalue weighted by Gasteiger charge is -2.16. The van der Waals surface area contributed by atoms with Crippen molar-refractivity contribution in [2.45, 2.75) is 45.4 Å². The van der Waals surface area contributed by atoms with Crippen LogP contribution in [-0.4, -0.2) is 37.6 Å². The van der Waals surface area contributed by atoms with Crippen molar-refractivity contribution in [3.05, 3.63) is 0 Å². The molecule has 0 amide bonds. The molecule has 2 nitrogen and oxygen atoms in total. The number of unbranched alkanes of at least 4 members (excludes halogenated alkanes) is 1. The molecule has 2 fully saturated rings. The second-order valence-corrected chi connectivity index (χ2v) is 5.67. The monoisotopic (exact) mass is 224 g/mol. The number of rotatable bonds is 7. The van der Waals surface area contributed by atoms with E-state index in [9.17, 15) is 0 Å². The maximum absolute atomic E-state index is 3.48. The van der Waals surface area contributed by atoms with Crippen molar-refractivity contribution in [1.82, 2.24) is 10.2 Å². The van der Waals surface area contributed by atoms with Crippen LogP contribution < -0.4 is 5.32 Å². The van der Waals surface area contributed by atoms with Crippen molar-refractivity contribution in [1.29, 1.82) is 0 Å². The predicted octanol–water partition coefficient (Wildman–Crippen LogP) is 2.50. The third-order valence-electron chi connectivity index (χ3n) is 4.31. The van der Waals surface area contributed by atoms with E-state index in [2.05, 4.69) is 17.1 Å². The van der Waals surface area contributed by atoms with Crippen LogP contribution in [0.3, 0.4) is 0 Å². The van der Waals surface area contributed by atoms with Crippen LogP contribution in [0.5, 0.6) is 0 Å². The highest BCUT2D eigenvalue weighted by Gasteiger charge is 2.35. The van der Waals surface area contributed by atoms with Gasteiger partial charge in [0.15, 0.2) is 0 Å². The van der Waals surface area contributed by atoms with Crippen LogP contribution in [0.4, 0.5) is 0 Å². The molecule has 0 bridgehead atoms. The van der Waals surface area contributed by atoms with E-state index in [4.69, 9.17) is 0 Å². The van der Waals surface area contributed by atoms with Gasteiger partial charge in [0.1, 0.15) is 0 Å². The molecule has 2 unspecified atom stereocenters. The second kappa shape index (κ2) is 6.61. The van der Waals surface area contributed by atoms with Gasteiger partial charge in [0.05, 0.1) is 0 Å². The van der Waals surface area contributed by atoms with E-state index in [0.29, 0.717) is 0 Å². The molecule has 2 heteroatoms. The zero-order valence-electron chi connectivity index (χ0n) is 10.9. The first-order chi connectivity index (χ1) is 7.90. The third kappa shape index (κ3) is 3.46. The minimum Gasteiger partial charge on any atom is -0.317 e. The number of nitrogens with zero attached hydrogens (tertiary/aromatic N) is 1. The van der Waals surface area contributed by atoms with Crippen molar-refractivity contribution < 1.29 is 0 Å². The lowest BCUT2D eigenvalue weighted by molar-refractivity contribution is 0.303. The van der Waals surface area contributed by atoms with Gasteiger partial charge in [-0.25, -0.2) is 0 Å². The van der Waals surface area contributed by atoms with Crippen LogP contribution in [0.25, 0.3) is 0 Å². The Morgan fingerprint density at radius 3 is 2.50 bits per heavy atom. The molecule has 1 saturated carbocycles. The molecule has 1 N–H and O–H groups in total. The van der Waals surface area contributed by atoms with Crippen LogP contribution in [0, 0.1) is 11.8 Å². The summed E-state index contributed by atoms with van der Waals surface area (Å²) < 4.78 is 0. The van der Waals surface area contributed by atoms with Gasteiger partial charge in [0, 0.05) is 13.1 Å². The first kappa shape index (κ1) is 12.4. The van der Waals surface area contributed by atoms with E-state index >= 15 is 0 Å². The van der Waals surface area contributed by atoms with E-state index in [1.165, 1.54) is 71.2 Å². The summed E-state index contributed by atoms with van der Waals surface area (Å²) >= 11 is 0. The Labute approximate surface area is 101 Å². The summed E-state index contributed by atoms with van der Waals surface area (Å²) in [6.45, 7) is 8.80. The zero-order chi connectivity index (χ0) is 11.2. The summed E-state index contributed by atoms with van der Waals surface area (Å²) in [5.74, 6) is 2.14. The van der Waals surface area contributed by atoms with Crippen LogP contribution in [0.15, 0.2) is 0 Å². The van der Waals surface area contributed by atoms with Crippen molar-refractivity contribution in [2.24, 2.45) is 11.8 Å². The quantitative estimate of drug-likeness (QED) is 0.668. The van der Waals surface area contributed by atoms with Gasteiger partial charge in [-0.2, -0.15) is 0 Å². The Kier molecular flexibility index (Phi) is 5.11. The first-order valence-electron chi connectivity index (χ1n) is 7.33. The van der Waals surface area contributed by atoms with Gasteiger partial charge in [-0.1, -0.05) is 13.3 Å². The maximum atomic E-state index is 3.48. The Bertz CT molecular complexity index is 181. The number of nitrogens with one attached hydrogen (secondary N) is 1. The van der Waals surface area contributed by atoms with Gasteiger partial charge in [0.25, 0.3) is 0 Å². The van der Waals surface area contributed by atoms with Gasteiger partial charge in [-0.05, 0) is 63.6 Å². The van der Waals surface area contributed by atoms with Crippen LogP contribution in [-0.2, 0) is 0 Å². The molecule has 1 aliphatic carbocycles. The van der Waals surface area contributed by atoms with Crippen molar-refractivity contribution >= 4 is 0 Å². The molecule has 16 heavy (non-hydrogen) atoms. The fourth-order valence-electron chi connectivity index (χ4n) is 3.40. The maximum Gasteiger partial charge on any atom is 0.00129 e. The van der Waals surface area contributed by atoms with E-state index in [0.717, 1.165) is 11.8 Å². The van der Waals surface area contributed by atoms with Gasteiger partial charge in [-0.15, -0.1) is 0 Å². The molecule has 1 saturated heterocycles. The molecule has 94 valence electrons. The van der Waals surface area contributed by atoms with Gasteiger partial charge in [-0.3, -0.25) is 0 Å². The van der Waals surface area contributed by atoms with E-state index in [1.54, 1.807) is 0 Å². The molecule has 2 aliphatic rings. The van der Waals surface area contributed by atoms with E-state index in [-0.39, 0.29) is 0 Å². The normalized spacial score (nSPS) is 29.8. The lowest BCUT2D eigenvalue weighted by Crippen LogP contribution is -2.24. The molecule has 2 rings (SSSR count). The van der Waals surface area contributed by atoms with Crippen molar-refractivity contribution in [2.75, 3.05) is 32.7 Å². The molecule has 2 atom stereocenters. The SMILES string of the molecule is CCCNCCCCN1CC2CCCC2C1. The molecule has 0 spiro atoms. The summed E-state index contributed by atoms with van der Waals surface area (Å²) in [5.41, 5.74) is 0. The second-order valence-electron chi connectivity index (χ2n) is 5.67. The van der Waals surface area contributed by atoms with E-state index < -0.39 is 0 Å². The lowest BCUT2D eigenvalue weighted by atomic mass is 10.0. The number of likely N-dealkylation sites (tertiary alicyclic amines) is 1. The number of hydrogen-bond donors (Lipinski definition) is 1. The topological polar surface area (TPSA) is 15.3 Å². The summed E-state index contributed by atoms with van der Waals surface area (Å²) in [5, 5.41) is 3.48. The van der Waals surface area contributed by atoms with Crippen LogP contribution in [0.1, 0.15) is 45.4 Å². The van der Waals surface area contributed by atoms with Crippen LogP contribution in [0.2, 0.25) is 0 Å². The zero-order valence-corrected chi connectivity index (χ0v) is 10.9. The fraction of sp³-hybridized carbons (Fsp3) is 1.00. The average molecular weight is 224 g/mol. The summed E-state index contributed by atoms with van der Waals surface area (Å²) in [4.78, 5) is 2.72. The Morgan fingerprint density at radius 1 is 1.06 bits per heavy atom. The molecule has 1 heterocycles. The Balaban J connectivity index is 1.48. The summed E-state index contributed by atoms with van der Waals surface area (Å²) in [7, 11) is 0. The van der Waals surface area contributed by atoms with Crippen molar-refractivity contribution in [3.63, 3.8) is 0 Å². The number of fused-ring (bicyclic) bond motifs is 1. The minimum atomic E-state index is 1.07. The van der Waals surface area contributed by atoms with Gasteiger partial charge in [0.2, 0.25) is 0 Å². The predicted molar refractivity (Wildman–Crippen MR) is 69.7 cm³/mol. The fourth-order valence-corrected chi connectivity index (χ4v) is 3.40. The Morgan fingerprint density at radius 2 is 1.81 bits per heavy atom. The largest absolute Gasteiger partial charge is 0.317 e. The average Bonchev–Trinajstić information content (AvgIpc) is 2.83. The van der Waals surface area contributed by atoms with Crippen molar-refractivity contribution in [3.8, 4) is 0 Å². The Hall–Kier alpha value is -0.0800. The highest BCUT2D eigenvalue weighted by molar-refractivity contribution is 4.88. The molecular formula is C14H28N2. The first-order valence-corrected chi connectivity index (χ1v) is 7.33. The number of hydrogen-bond acceptors (Lipinski definition) is 2. The summed E-state index contributed by atoms with van der Waals surface area (Å²) in [6, 6.07) is 0. The van der Waals surface area contributed by atoms with Crippen LogP contribution >= 0.6 is 0 Å². The molecular weight excluding hydrogens is 196 g/mol. The smallest absolute Gasteiger partial charge is 0.00129 e. The third-order valence-corrected chi connectivity index (χ3v) is 4.31. The molecule has 0 radical (unpaired) electrons. The standard InChI is InChI=1S/C14H28N2/c1-2-8-15-9-3-4-10-16-11-13-6-5-7-14(13)12-16/h13-15H,2-12H2,1H3. The van der Waals surface area contributed by atoms with Gasteiger partial charge < -0.3 is 10.2 Å². The molecule has 0 aromatic heterocycles. The van der Waals surface area contributed by atoms with Gasteiger partial charge >= 0.3 is 0 Å². The highest BCUT2D eigenvalue weighted by Crippen LogP contribution is 2.37. The highest BCUT2D eigenvalue weighted by atomic mass is 15.2. The van der Waals surface area contributed by atoms with E-state index in [1.807, 2.05) is 0 Å². The minimum absolute atomic E-state index is 1.07. The molecule has 1 aliphatic heterocycles. The summed E-state index contributed by atoms with van der Waals surface area (Å²) in [6.07, 6.45) is 8.53. The molecule has 0 aromatic carbocycles. The molecule has 0 aromatic rings.